The molecule has 3 rings (SSSR count). The molecule has 9 heteroatoms. The number of nitrogens with one attached hydrogen (secondary N) is 2. The lowest BCUT2D eigenvalue weighted by atomic mass is 10.2. The summed E-state index contributed by atoms with van der Waals surface area (Å²) in [5.74, 6) is -1.25. The maximum Gasteiger partial charge on any atom is 0.262 e. The molecule has 1 aromatic heterocycles. The molecule has 0 fully saturated rings. The number of aromatic nitrogens is 2. The van der Waals surface area contributed by atoms with Crippen LogP contribution in [0.25, 0.3) is 10.9 Å². The number of allylic oxidation sites excluding steroid dienone is 1. The monoisotopic (exact) mass is 426 g/mol. The first-order chi connectivity index (χ1) is 14.5. The third-order valence-corrected chi connectivity index (χ3v) is 5.02. The van der Waals surface area contributed by atoms with Gasteiger partial charge in [0.15, 0.2) is 5.16 Å². The smallest absolute Gasteiger partial charge is 0.262 e. The normalized spacial score (nSPS) is 10.6. The lowest BCUT2D eigenvalue weighted by Crippen LogP contribution is -2.34. The average molecular weight is 426 g/mol. The Hall–Kier alpha value is -3.46. The molecule has 0 aliphatic heterocycles. The SMILES string of the molecule is C=CCn1c(SCC(=O)NCC(=O)Nc2ccc(F)cc2)nc2ccccc2c1=O. The summed E-state index contributed by atoms with van der Waals surface area (Å²) >= 11 is 1.10. The summed E-state index contributed by atoms with van der Waals surface area (Å²) in [7, 11) is 0. The zero-order valence-corrected chi connectivity index (χ0v) is 16.7. The van der Waals surface area contributed by atoms with Crippen molar-refractivity contribution in [1.29, 1.82) is 0 Å². The number of nitrogens with zero attached hydrogens (tertiary/aromatic N) is 2. The van der Waals surface area contributed by atoms with Crippen molar-refractivity contribution >= 4 is 40.2 Å². The van der Waals surface area contributed by atoms with Gasteiger partial charge < -0.3 is 10.6 Å². The standard InChI is InChI=1S/C21H19FN4O3S/c1-2-11-26-20(29)16-5-3-4-6-17(16)25-21(26)30-13-19(28)23-12-18(27)24-15-9-7-14(22)8-10-15/h2-10H,1,11-13H2,(H,23,28)(H,24,27). The quantitative estimate of drug-likeness (QED) is 0.328. The molecule has 2 amide bonds. The Bertz CT molecular complexity index is 1150. The predicted molar refractivity (Wildman–Crippen MR) is 115 cm³/mol. The maximum absolute atomic E-state index is 12.9. The van der Waals surface area contributed by atoms with Crippen molar-refractivity contribution in [3.05, 3.63) is 77.4 Å². The van der Waals surface area contributed by atoms with Gasteiger partial charge in [0.2, 0.25) is 11.8 Å². The molecule has 0 aliphatic rings. The number of anilines is 1. The van der Waals surface area contributed by atoms with E-state index in [0.717, 1.165) is 11.8 Å². The Morgan fingerprint density at radius 2 is 1.87 bits per heavy atom. The number of para-hydroxylation sites is 1. The highest BCUT2D eigenvalue weighted by molar-refractivity contribution is 7.99. The highest BCUT2D eigenvalue weighted by Gasteiger charge is 2.13. The summed E-state index contributed by atoms with van der Waals surface area (Å²) in [6, 6.07) is 12.3. The summed E-state index contributed by atoms with van der Waals surface area (Å²) in [6.45, 7) is 3.69. The summed E-state index contributed by atoms with van der Waals surface area (Å²) in [5.41, 5.74) is 0.769. The maximum atomic E-state index is 12.9. The van der Waals surface area contributed by atoms with Gasteiger partial charge in [0.1, 0.15) is 5.82 Å². The van der Waals surface area contributed by atoms with Gasteiger partial charge >= 0.3 is 0 Å². The molecule has 1 heterocycles. The fourth-order valence-corrected chi connectivity index (χ4v) is 3.48. The Morgan fingerprint density at radius 1 is 1.13 bits per heavy atom. The van der Waals surface area contributed by atoms with Crippen molar-refractivity contribution in [1.82, 2.24) is 14.9 Å². The van der Waals surface area contributed by atoms with Gasteiger partial charge in [-0.15, -0.1) is 6.58 Å². The van der Waals surface area contributed by atoms with Gasteiger partial charge in [0, 0.05) is 12.2 Å². The first-order valence-corrected chi connectivity index (χ1v) is 10.0. The van der Waals surface area contributed by atoms with Gasteiger partial charge in [0.05, 0.1) is 23.2 Å². The Balaban J connectivity index is 1.60. The van der Waals surface area contributed by atoms with E-state index in [4.69, 9.17) is 0 Å². The van der Waals surface area contributed by atoms with E-state index in [2.05, 4.69) is 22.2 Å². The number of hydrogen-bond acceptors (Lipinski definition) is 5. The predicted octanol–water partition coefficient (Wildman–Crippen LogP) is 2.57. The minimum atomic E-state index is -0.438. The van der Waals surface area contributed by atoms with Gasteiger partial charge in [-0.1, -0.05) is 30.0 Å². The van der Waals surface area contributed by atoms with Crippen LogP contribution in [0, 0.1) is 5.82 Å². The van der Waals surface area contributed by atoms with Gasteiger partial charge in [-0.05, 0) is 36.4 Å². The van der Waals surface area contributed by atoms with E-state index in [1.807, 2.05) is 0 Å². The van der Waals surface area contributed by atoms with Crippen LogP contribution in [-0.4, -0.2) is 33.7 Å². The van der Waals surface area contributed by atoms with Gasteiger partial charge in [0.25, 0.3) is 5.56 Å². The van der Waals surface area contributed by atoms with Gasteiger partial charge in [-0.25, -0.2) is 9.37 Å². The van der Waals surface area contributed by atoms with E-state index in [9.17, 15) is 18.8 Å². The van der Waals surface area contributed by atoms with E-state index < -0.39 is 11.7 Å². The van der Waals surface area contributed by atoms with Crippen LogP contribution in [0.15, 0.2) is 71.1 Å². The Labute approximate surface area is 176 Å². The molecule has 0 bridgehead atoms. The summed E-state index contributed by atoms with van der Waals surface area (Å²) < 4.78 is 14.3. The molecule has 2 aromatic carbocycles. The van der Waals surface area contributed by atoms with Crippen molar-refractivity contribution in [3.8, 4) is 0 Å². The molecule has 0 saturated heterocycles. The zero-order chi connectivity index (χ0) is 21.5. The molecule has 154 valence electrons. The van der Waals surface area contributed by atoms with Crippen LogP contribution in [0.4, 0.5) is 10.1 Å². The minimum Gasteiger partial charge on any atom is -0.346 e. The van der Waals surface area contributed by atoms with Crippen molar-refractivity contribution < 1.29 is 14.0 Å². The molecular formula is C21H19FN4O3S. The number of benzene rings is 2. The molecule has 3 aromatic rings. The second-order valence-electron chi connectivity index (χ2n) is 6.24. The van der Waals surface area contributed by atoms with Crippen LogP contribution in [0.1, 0.15) is 0 Å². The van der Waals surface area contributed by atoms with Crippen molar-refractivity contribution in [2.45, 2.75) is 11.7 Å². The van der Waals surface area contributed by atoms with Crippen LogP contribution in [0.2, 0.25) is 0 Å². The summed E-state index contributed by atoms with van der Waals surface area (Å²) in [5, 5.41) is 5.95. The molecule has 0 aliphatic carbocycles. The molecule has 0 atom stereocenters. The summed E-state index contributed by atoms with van der Waals surface area (Å²) in [6.07, 6.45) is 1.59. The molecule has 30 heavy (non-hydrogen) atoms. The molecule has 0 radical (unpaired) electrons. The molecule has 0 unspecified atom stereocenters. The largest absolute Gasteiger partial charge is 0.346 e. The molecule has 0 saturated carbocycles. The second kappa shape index (κ2) is 9.84. The zero-order valence-electron chi connectivity index (χ0n) is 15.9. The third kappa shape index (κ3) is 5.32. The van der Waals surface area contributed by atoms with E-state index in [1.165, 1.54) is 28.8 Å². The first-order valence-electron chi connectivity index (χ1n) is 9.03. The number of thioether (sulfide) groups is 1. The fraction of sp³-hybridized carbons (Fsp3) is 0.143. The third-order valence-electron chi connectivity index (χ3n) is 4.04. The highest BCUT2D eigenvalue weighted by Crippen LogP contribution is 2.17. The molecule has 7 nitrogen and oxygen atoms in total. The molecule has 2 N–H and O–H groups in total. The topological polar surface area (TPSA) is 93.1 Å². The van der Waals surface area contributed by atoms with E-state index in [-0.39, 0.29) is 30.3 Å². The highest BCUT2D eigenvalue weighted by atomic mass is 32.2. The number of carbonyl (C=O) groups is 2. The van der Waals surface area contributed by atoms with Gasteiger partial charge in [-0.3, -0.25) is 19.0 Å². The lowest BCUT2D eigenvalue weighted by Gasteiger charge is -2.11. The van der Waals surface area contributed by atoms with E-state index in [0.29, 0.717) is 21.7 Å². The van der Waals surface area contributed by atoms with Crippen molar-refractivity contribution in [2.75, 3.05) is 17.6 Å². The number of fused-ring (bicyclic) bond motifs is 1. The average Bonchev–Trinajstić information content (AvgIpc) is 2.75. The lowest BCUT2D eigenvalue weighted by molar-refractivity contribution is -0.122. The van der Waals surface area contributed by atoms with Crippen LogP contribution >= 0.6 is 11.8 Å². The number of rotatable bonds is 8. The second-order valence-corrected chi connectivity index (χ2v) is 7.18. The number of amides is 2. The van der Waals surface area contributed by atoms with Crippen LogP contribution in [-0.2, 0) is 16.1 Å². The fourth-order valence-electron chi connectivity index (χ4n) is 2.65. The Kier molecular flexibility index (Phi) is 6.97. The van der Waals surface area contributed by atoms with Crippen LogP contribution < -0.4 is 16.2 Å². The number of carbonyl (C=O) groups excluding carboxylic acids is 2. The number of halogens is 1. The minimum absolute atomic E-state index is 0.0221. The van der Waals surface area contributed by atoms with Gasteiger partial charge in [-0.2, -0.15) is 0 Å². The molecular weight excluding hydrogens is 407 g/mol. The van der Waals surface area contributed by atoms with E-state index in [1.54, 1.807) is 30.3 Å². The van der Waals surface area contributed by atoms with Crippen molar-refractivity contribution in [2.24, 2.45) is 0 Å². The Morgan fingerprint density at radius 3 is 2.60 bits per heavy atom. The van der Waals surface area contributed by atoms with Crippen molar-refractivity contribution in [3.63, 3.8) is 0 Å². The van der Waals surface area contributed by atoms with Crippen LogP contribution in [0.5, 0.6) is 0 Å². The number of hydrogen-bond donors (Lipinski definition) is 2. The first kappa shape index (κ1) is 21.3. The molecule has 0 spiro atoms. The van der Waals surface area contributed by atoms with E-state index >= 15 is 0 Å². The summed E-state index contributed by atoms with van der Waals surface area (Å²) in [4.78, 5) is 41.2. The van der Waals surface area contributed by atoms with Crippen LogP contribution in [0.3, 0.4) is 0 Å².